The van der Waals surface area contributed by atoms with Crippen molar-refractivity contribution in [2.24, 2.45) is 0 Å². The van der Waals surface area contributed by atoms with Gasteiger partial charge in [-0.2, -0.15) is 15.0 Å². The van der Waals surface area contributed by atoms with Crippen LogP contribution >= 0.6 is 0 Å². The SMILES string of the molecule is O=C(Cn1nccn1)N1CCN(Cc2ccc(CO)o2)C[C@H](O)C1. The number of furan rings is 1. The van der Waals surface area contributed by atoms with E-state index in [2.05, 4.69) is 10.2 Å². The quantitative estimate of drug-likeness (QED) is 0.727. The molecule has 2 aromatic rings. The number of aliphatic hydroxyl groups excluding tert-OH is 2. The summed E-state index contributed by atoms with van der Waals surface area (Å²) in [5.41, 5.74) is 0. The molecule has 1 aliphatic rings. The first-order chi connectivity index (χ1) is 11.6. The second-order valence-electron chi connectivity index (χ2n) is 5.81. The lowest BCUT2D eigenvalue weighted by molar-refractivity contribution is -0.133. The van der Waals surface area contributed by atoms with E-state index in [9.17, 15) is 9.90 Å². The van der Waals surface area contributed by atoms with Crippen LogP contribution in [-0.4, -0.2) is 73.2 Å². The van der Waals surface area contributed by atoms with E-state index in [1.54, 1.807) is 11.0 Å². The van der Waals surface area contributed by atoms with Crippen molar-refractivity contribution < 1.29 is 19.4 Å². The third kappa shape index (κ3) is 4.19. The van der Waals surface area contributed by atoms with E-state index in [0.717, 1.165) is 5.76 Å². The zero-order valence-corrected chi connectivity index (χ0v) is 13.3. The Kier molecular flexibility index (Phi) is 5.24. The predicted molar refractivity (Wildman–Crippen MR) is 82.5 cm³/mol. The molecule has 9 heteroatoms. The number of hydrogen-bond donors (Lipinski definition) is 2. The van der Waals surface area contributed by atoms with Crippen molar-refractivity contribution in [2.45, 2.75) is 25.8 Å². The van der Waals surface area contributed by atoms with Gasteiger partial charge in [0.1, 0.15) is 24.7 Å². The molecule has 0 aromatic carbocycles. The van der Waals surface area contributed by atoms with Crippen molar-refractivity contribution in [3.8, 4) is 0 Å². The molecule has 3 heterocycles. The summed E-state index contributed by atoms with van der Waals surface area (Å²) in [7, 11) is 0. The molecule has 1 amide bonds. The van der Waals surface area contributed by atoms with Gasteiger partial charge in [-0.3, -0.25) is 9.69 Å². The normalized spacial score (nSPS) is 19.4. The van der Waals surface area contributed by atoms with E-state index in [1.807, 2.05) is 11.0 Å². The summed E-state index contributed by atoms with van der Waals surface area (Å²) in [6.07, 6.45) is 2.42. The second-order valence-corrected chi connectivity index (χ2v) is 5.81. The zero-order chi connectivity index (χ0) is 16.9. The van der Waals surface area contributed by atoms with Crippen LogP contribution in [0.15, 0.2) is 28.9 Å². The van der Waals surface area contributed by atoms with Crippen LogP contribution in [0.4, 0.5) is 0 Å². The van der Waals surface area contributed by atoms with Gasteiger partial charge < -0.3 is 19.5 Å². The maximum Gasteiger partial charge on any atom is 0.246 e. The van der Waals surface area contributed by atoms with Gasteiger partial charge in [-0.1, -0.05) is 0 Å². The van der Waals surface area contributed by atoms with E-state index in [4.69, 9.17) is 9.52 Å². The number of amides is 1. The maximum atomic E-state index is 12.3. The van der Waals surface area contributed by atoms with Gasteiger partial charge in [0.15, 0.2) is 0 Å². The lowest BCUT2D eigenvalue weighted by Crippen LogP contribution is -2.39. The van der Waals surface area contributed by atoms with Crippen LogP contribution in [-0.2, 0) is 24.5 Å². The molecular formula is C15H21N5O4. The van der Waals surface area contributed by atoms with E-state index < -0.39 is 6.10 Å². The van der Waals surface area contributed by atoms with Gasteiger partial charge in [0, 0.05) is 26.2 Å². The molecule has 1 saturated heterocycles. The Bertz CT molecular complexity index is 657. The fourth-order valence-corrected chi connectivity index (χ4v) is 2.78. The van der Waals surface area contributed by atoms with Gasteiger partial charge in [0.25, 0.3) is 0 Å². The van der Waals surface area contributed by atoms with Crippen LogP contribution in [0.1, 0.15) is 11.5 Å². The van der Waals surface area contributed by atoms with E-state index in [-0.39, 0.29) is 25.6 Å². The van der Waals surface area contributed by atoms with Gasteiger partial charge in [0.2, 0.25) is 5.91 Å². The standard InChI is InChI=1S/C15H21N5O4/c21-11-14-2-1-13(24-14)9-18-5-6-19(8-12(22)7-18)15(23)10-20-16-3-4-17-20/h1-4,12,21-22H,5-11H2/t12-/m0/s1. The average molecular weight is 335 g/mol. The van der Waals surface area contributed by atoms with Crippen LogP contribution < -0.4 is 0 Å². The Morgan fingerprint density at radius 3 is 2.67 bits per heavy atom. The molecule has 0 radical (unpaired) electrons. The van der Waals surface area contributed by atoms with Crippen LogP contribution in [0.5, 0.6) is 0 Å². The fourth-order valence-electron chi connectivity index (χ4n) is 2.78. The van der Waals surface area contributed by atoms with Crippen molar-refractivity contribution in [1.29, 1.82) is 0 Å². The van der Waals surface area contributed by atoms with E-state index in [1.165, 1.54) is 17.2 Å². The Morgan fingerprint density at radius 2 is 1.96 bits per heavy atom. The molecule has 2 aromatic heterocycles. The molecule has 0 aliphatic carbocycles. The summed E-state index contributed by atoms with van der Waals surface area (Å²) in [6, 6.07) is 3.55. The topological polar surface area (TPSA) is 108 Å². The van der Waals surface area contributed by atoms with E-state index in [0.29, 0.717) is 31.9 Å². The minimum atomic E-state index is -0.630. The molecule has 0 spiro atoms. The first-order valence-electron chi connectivity index (χ1n) is 7.85. The van der Waals surface area contributed by atoms with Crippen molar-refractivity contribution >= 4 is 5.91 Å². The van der Waals surface area contributed by atoms with Crippen LogP contribution in [0.25, 0.3) is 0 Å². The van der Waals surface area contributed by atoms with Gasteiger partial charge in [0.05, 0.1) is 25.0 Å². The molecule has 0 unspecified atom stereocenters. The van der Waals surface area contributed by atoms with Crippen molar-refractivity contribution in [1.82, 2.24) is 24.8 Å². The van der Waals surface area contributed by atoms with Crippen molar-refractivity contribution in [3.05, 3.63) is 36.0 Å². The molecule has 1 fully saturated rings. The van der Waals surface area contributed by atoms with E-state index >= 15 is 0 Å². The summed E-state index contributed by atoms with van der Waals surface area (Å²) in [5.74, 6) is 1.13. The first-order valence-corrected chi connectivity index (χ1v) is 7.85. The molecule has 130 valence electrons. The summed E-state index contributed by atoms with van der Waals surface area (Å²) >= 11 is 0. The number of carbonyl (C=O) groups excluding carboxylic acids is 1. The second kappa shape index (κ2) is 7.56. The van der Waals surface area contributed by atoms with Crippen LogP contribution in [0, 0.1) is 0 Å². The highest BCUT2D eigenvalue weighted by molar-refractivity contribution is 5.75. The molecule has 0 bridgehead atoms. The van der Waals surface area contributed by atoms with Crippen LogP contribution in [0.2, 0.25) is 0 Å². The number of carbonyl (C=O) groups is 1. The largest absolute Gasteiger partial charge is 0.462 e. The molecule has 0 saturated carbocycles. The molecule has 24 heavy (non-hydrogen) atoms. The molecule has 9 nitrogen and oxygen atoms in total. The molecule has 1 atom stereocenters. The summed E-state index contributed by atoms with van der Waals surface area (Å²) in [6.45, 7) is 2.36. The average Bonchev–Trinajstić information content (AvgIpc) is 3.18. The first kappa shape index (κ1) is 16.6. The molecule has 1 aliphatic heterocycles. The van der Waals surface area contributed by atoms with Crippen molar-refractivity contribution in [3.63, 3.8) is 0 Å². The predicted octanol–water partition coefficient (Wildman–Crippen LogP) is -0.931. The minimum absolute atomic E-state index is 0.0672. The fraction of sp³-hybridized carbons (Fsp3) is 0.533. The summed E-state index contributed by atoms with van der Waals surface area (Å²) in [5, 5.41) is 27.1. The Balaban J connectivity index is 1.57. The zero-order valence-electron chi connectivity index (χ0n) is 13.3. The number of nitrogens with zero attached hydrogens (tertiary/aromatic N) is 5. The smallest absolute Gasteiger partial charge is 0.246 e. The Morgan fingerprint density at radius 1 is 1.21 bits per heavy atom. The number of hydrogen-bond acceptors (Lipinski definition) is 7. The molecular weight excluding hydrogens is 314 g/mol. The Hall–Kier alpha value is -2.23. The third-order valence-corrected chi connectivity index (χ3v) is 3.93. The van der Waals surface area contributed by atoms with Crippen LogP contribution in [0.3, 0.4) is 0 Å². The summed E-state index contributed by atoms with van der Waals surface area (Å²) in [4.78, 5) is 17.3. The number of aliphatic hydroxyl groups is 2. The molecule has 2 N–H and O–H groups in total. The monoisotopic (exact) mass is 335 g/mol. The maximum absolute atomic E-state index is 12.3. The lowest BCUT2D eigenvalue weighted by atomic mass is 10.3. The Labute approximate surface area is 139 Å². The highest BCUT2D eigenvalue weighted by atomic mass is 16.4. The highest BCUT2D eigenvalue weighted by Crippen LogP contribution is 2.13. The number of aromatic nitrogens is 3. The highest BCUT2D eigenvalue weighted by Gasteiger charge is 2.25. The lowest BCUT2D eigenvalue weighted by Gasteiger charge is -2.21. The summed E-state index contributed by atoms with van der Waals surface area (Å²) < 4.78 is 5.48. The van der Waals surface area contributed by atoms with Crippen molar-refractivity contribution in [2.75, 3.05) is 26.2 Å². The minimum Gasteiger partial charge on any atom is -0.462 e. The van der Waals surface area contributed by atoms with Gasteiger partial charge in [-0.15, -0.1) is 0 Å². The number of rotatable bonds is 5. The van der Waals surface area contributed by atoms with Gasteiger partial charge in [-0.05, 0) is 12.1 Å². The third-order valence-electron chi connectivity index (χ3n) is 3.93. The molecule has 3 rings (SSSR count). The van der Waals surface area contributed by atoms with Gasteiger partial charge in [-0.25, -0.2) is 0 Å². The number of β-amino-alcohol motifs (C(OH)–C–C–N with tert-alkyl or cyclic N) is 1. The van der Waals surface area contributed by atoms with Gasteiger partial charge >= 0.3 is 0 Å².